The smallest absolute Gasteiger partial charge is 0.410 e. The van der Waals surface area contributed by atoms with Crippen LogP contribution < -0.4 is 4.90 Å². The number of benzene rings is 1. The van der Waals surface area contributed by atoms with E-state index in [1.54, 1.807) is 29.2 Å². The number of carbonyl (C=O) groups is 1. The van der Waals surface area contributed by atoms with E-state index < -0.39 is 17.2 Å². The number of carbonyl (C=O) groups excluding carboxylic acids is 1. The van der Waals surface area contributed by atoms with Gasteiger partial charge in [-0.2, -0.15) is 8.42 Å². The number of fused-ring (bicyclic) bond motifs is 1. The minimum absolute atomic E-state index is 0.208. The Kier molecular flexibility index (Phi) is 8.21. The van der Waals surface area contributed by atoms with Gasteiger partial charge in [0.2, 0.25) is 0 Å². The first-order valence-corrected chi connectivity index (χ1v) is 11.8. The van der Waals surface area contributed by atoms with Gasteiger partial charge in [-0.3, -0.25) is 0 Å². The fourth-order valence-electron chi connectivity index (χ4n) is 4.08. The van der Waals surface area contributed by atoms with Crippen LogP contribution in [0.2, 0.25) is 0 Å². The third-order valence-corrected chi connectivity index (χ3v) is 5.73. The molecule has 3 heterocycles. The fraction of sp³-hybridized carbons (Fsp3) is 0.458. The Morgan fingerprint density at radius 3 is 2.49 bits per heavy atom. The Labute approximate surface area is 206 Å². The Balaban J connectivity index is 0.00000108. The van der Waals surface area contributed by atoms with E-state index in [2.05, 4.69) is 9.97 Å². The molecule has 9 nitrogen and oxygen atoms in total. The maximum absolute atomic E-state index is 14.5. The predicted octanol–water partition coefficient (Wildman–Crippen LogP) is 4.88. The van der Waals surface area contributed by atoms with Crippen LogP contribution in [0, 0.1) is 12.7 Å². The van der Waals surface area contributed by atoms with Crippen molar-refractivity contribution in [3.63, 3.8) is 0 Å². The summed E-state index contributed by atoms with van der Waals surface area (Å²) in [5.74, 6) is 0.398. The SMILES string of the molecule is Cc1ccc(N(C)c2ncnc3c(C4CCN(C(=O)OC(C)(C)C)CC4)coc23)c(F)c1.O=S=O. The van der Waals surface area contributed by atoms with Gasteiger partial charge in [0.05, 0.1) is 12.0 Å². The van der Waals surface area contributed by atoms with E-state index in [9.17, 15) is 9.18 Å². The molecule has 35 heavy (non-hydrogen) atoms. The van der Waals surface area contributed by atoms with E-state index in [4.69, 9.17) is 17.6 Å². The van der Waals surface area contributed by atoms with Gasteiger partial charge in [-0.25, -0.2) is 19.2 Å². The molecule has 1 aliphatic heterocycles. The molecule has 4 rings (SSSR count). The number of aryl methyl sites for hydroxylation is 1. The Morgan fingerprint density at radius 2 is 1.89 bits per heavy atom. The van der Waals surface area contributed by atoms with Gasteiger partial charge in [-0.15, -0.1) is 0 Å². The monoisotopic (exact) mass is 504 g/mol. The van der Waals surface area contributed by atoms with E-state index >= 15 is 0 Å². The zero-order chi connectivity index (χ0) is 25.8. The number of ether oxygens (including phenoxy) is 1. The largest absolute Gasteiger partial charge is 0.458 e. The van der Waals surface area contributed by atoms with Crippen LogP contribution in [0.5, 0.6) is 0 Å². The highest BCUT2D eigenvalue weighted by molar-refractivity contribution is 7.51. The van der Waals surface area contributed by atoms with Crippen LogP contribution in [-0.2, 0) is 16.3 Å². The number of piperidine rings is 1. The number of anilines is 2. The maximum Gasteiger partial charge on any atom is 0.410 e. The molecule has 3 aromatic rings. The van der Waals surface area contributed by atoms with E-state index in [-0.39, 0.29) is 17.8 Å². The van der Waals surface area contributed by atoms with Gasteiger partial charge >= 0.3 is 17.7 Å². The molecule has 0 saturated carbocycles. The van der Waals surface area contributed by atoms with Crippen molar-refractivity contribution in [1.82, 2.24) is 14.9 Å². The molecule has 188 valence electrons. The lowest BCUT2D eigenvalue weighted by atomic mass is 9.90. The first-order valence-electron chi connectivity index (χ1n) is 11.2. The van der Waals surface area contributed by atoms with Crippen LogP contribution in [-0.4, -0.2) is 55.1 Å². The van der Waals surface area contributed by atoms with E-state index in [0.717, 1.165) is 29.5 Å². The lowest BCUT2D eigenvalue weighted by molar-refractivity contribution is 0.0205. The number of nitrogens with zero attached hydrogens (tertiary/aromatic N) is 4. The second kappa shape index (κ2) is 10.9. The zero-order valence-electron chi connectivity index (χ0n) is 20.4. The topological polar surface area (TPSA) is 106 Å². The first kappa shape index (κ1) is 26.3. The van der Waals surface area contributed by atoms with Crippen molar-refractivity contribution in [3.8, 4) is 0 Å². The van der Waals surface area contributed by atoms with Crippen molar-refractivity contribution in [2.75, 3.05) is 25.0 Å². The van der Waals surface area contributed by atoms with Crippen molar-refractivity contribution in [1.29, 1.82) is 0 Å². The maximum atomic E-state index is 14.5. The summed E-state index contributed by atoms with van der Waals surface area (Å²) in [6, 6.07) is 5.09. The van der Waals surface area contributed by atoms with Crippen molar-refractivity contribution >= 4 is 40.3 Å². The zero-order valence-corrected chi connectivity index (χ0v) is 21.2. The summed E-state index contributed by atoms with van der Waals surface area (Å²) >= 11 is -0.750. The molecule has 11 heteroatoms. The van der Waals surface area contributed by atoms with E-state index in [1.165, 1.54) is 12.4 Å². The molecule has 1 aromatic carbocycles. The average Bonchev–Trinajstić information content (AvgIpc) is 3.22. The molecule has 1 amide bonds. The minimum atomic E-state index is -0.750. The number of aromatic nitrogens is 2. The molecule has 0 bridgehead atoms. The lowest BCUT2D eigenvalue weighted by Gasteiger charge is -2.33. The van der Waals surface area contributed by atoms with Gasteiger partial charge in [-0.05, 0) is 64.2 Å². The number of hydrogen-bond acceptors (Lipinski definition) is 8. The number of amides is 1. The number of furan rings is 1. The van der Waals surface area contributed by atoms with Crippen molar-refractivity contribution in [3.05, 3.63) is 47.7 Å². The van der Waals surface area contributed by atoms with Crippen LogP contribution in [0.4, 0.5) is 20.7 Å². The van der Waals surface area contributed by atoms with Crippen molar-refractivity contribution in [2.24, 2.45) is 0 Å². The number of halogens is 1. The molecular formula is C24H29FN4O5S. The van der Waals surface area contributed by atoms with Gasteiger partial charge in [-0.1, -0.05) is 6.07 Å². The summed E-state index contributed by atoms with van der Waals surface area (Å²) in [7, 11) is 1.76. The number of hydrogen-bond donors (Lipinski definition) is 0. The molecule has 0 unspecified atom stereocenters. The van der Waals surface area contributed by atoms with Crippen molar-refractivity contribution in [2.45, 2.75) is 52.1 Å². The van der Waals surface area contributed by atoms with Gasteiger partial charge in [0, 0.05) is 25.7 Å². The van der Waals surface area contributed by atoms with Crippen molar-refractivity contribution < 1.29 is 26.8 Å². The van der Waals surface area contributed by atoms with Gasteiger partial charge in [0.25, 0.3) is 0 Å². The normalized spacial score (nSPS) is 14.3. The summed E-state index contributed by atoms with van der Waals surface area (Å²) in [6.07, 6.45) is 4.50. The number of rotatable bonds is 3. The molecule has 1 fully saturated rings. The summed E-state index contributed by atoms with van der Waals surface area (Å²) in [4.78, 5) is 24.6. The molecule has 2 aromatic heterocycles. The first-order chi connectivity index (χ1) is 16.6. The second-order valence-corrected chi connectivity index (χ2v) is 9.53. The highest BCUT2D eigenvalue weighted by Gasteiger charge is 2.30. The standard InChI is InChI=1S/C24H29FN4O3.O2S/c1-15-6-7-19(18(25)12-15)28(5)22-21-20(26-14-27-22)17(13-31-21)16-8-10-29(11-9-16)23(30)32-24(2,3)4;1-3-2/h6-7,12-14,16H,8-11H2,1-5H3;. The lowest BCUT2D eigenvalue weighted by Crippen LogP contribution is -2.41. The molecular weight excluding hydrogens is 475 g/mol. The minimum Gasteiger partial charge on any atom is -0.458 e. The molecule has 0 radical (unpaired) electrons. The molecule has 1 aliphatic rings. The highest BCUT2D eigenvalue weighted by atomic mass is 32.1. The summed E-state index contributed by atoms with van der Waals surface area (Å²) in [6.45, 7) is 8.67. The summed E-state index contributed by atoms with van der Waals surface area (Å²) in [5, 5.41) is 0. The molecule has 0 spiro atoms. The molecule has 1 saturated heterocycles. The van der Waals surface area contributed by atoms with Crippen LogP contribution in [0.25, 0.3) is 11.1 Å². The van der Waals surface area contributed by atoms with Crippen LogP contribution in [0.15, 0.2) is 35.2 Å². The second-order valence-electron chi connectivity index (χ2n) is 9.39. The van der Waals surface area contributed by atoms with Gasteiger partial charge in [0.15, 0.2) is 11.4 Å². The van der Waals surface area contributed by atoms with Crippen LogP contribution in [0.1, 0.15) is 50.7 Å². The van der Waals surface area contributed by atoms with Gasteiger partial charge in [0.1, 0.15) is 23.3 Å². The highest BCUT2D eigenvalue weighted by Crippen LogP contribution is 2.37. The quantitative estimate of drug-likeness (QED) is 0.497. The van der Waals surface area contributed by atoms with Crippen LogP contribution >= 0.6 is 0 Å². The van der Waals surface area contributed by atoms with Gasteiger partial charge < -0.3 is 19.0 Å². The third-order valence-electron chi connectivity index (χ3n) is 5.73. The number of likely N-dealkylation sites (tertiary alicyclic amines) is 1. The van der Waals surface area contributed by atoms with E-state index in [1.807, 2.05) is 33.8 Å². The fourth-order valence-corrected chi connectivity index (χ4v) is 4.08. The molecule has 0 aliphatic carbocycles. The Bertz CT molecular complexity index is 1230. The predicted molar refractivity (Wildman–Crippen MR) is 130 cm³/mol. The Hall–Kier alpha value is -3.34. The Morgan fingerprint density at radius 1 is 1.23 bits per heavy atom. The molecule has 0 N–H and O–H groups in total. The summed E-state index contributed by atoms with van der Waals surface area (Å²) in [5.41, 5.74) is 3.00. The summed E-state index contributed by atoms with van der Waals surface area (Å²) < 4.78 is 42.5. The van der Waals surface area contributed by atoms with E-state index in [0.29, 0.717) is 30.2 Å². The average molecular weight is 505 g/mol. The third kappa shape index (κ3) is 6.21. The van der Waals surface area contributed by atoms with Crippen LogP contribution in [0.3, 0.4) is 0 Å². The molecule has 0 atom stereocenters.